The molecule has 2 atom stereocenters. The zero-order chi connectivity index (χ0) is 15.4. The molecule has 1 N–H and O–H groups in total. The van der Waals surface area contributed by atoms with Crippen LogP contribution in [-0.2, 0) is 4.74 Å². The summed E-state index contributed by atoms with van der Waals surface area (Å²) < 4.78 is 34.6. The van der Waals surface area contributed by atoms with Gasteiger partial charge in [-0.25, -0.2) is 4.79 Å². The first-order valence-corrected chi connectivity index (χ1v) is 6.71. The maximum Gasteiger partial charge on any atom is 0.387 e. The molecular formula is C14H18F2N2O3. The summed E-state index contributed by atoms with van der Waals surface area (Å²) in [7, 11) is 0. The van der Waals surface area contributed by atoms with Crippen molar-refractivity contribution in [3.8, 4) is 5.75 Å². The Labute approximate surface area is 121 Å². The number of carbonyl (C=O) groups is 1. The fourth-order valence-corrected chi connectivity index (χ4v) is 2.31. The molecule has 116 valence electrons. The molecule has 1 aliphatic heterocycles. The van der Waals surface area contributed by atoms with Crippen molar-refractivity contribution in [2.45, 2.75) is 32.7 Å². The summed E-state index contributed by atoms with van der Waals surface area (Å²) in [6.45, 7) is 1.72. The molecule has 0 saturated carbocycles. The lowest BCUT2D eigenvalue weighted by Gasteiger charge is -2.35. The van der Waals surface area contributed by atoms with Gasteiger partial charge in [-0.2, -0.15) is 8.78 Å². The Kier molecular flexibility index (Phi) is 4.95. The molecule has 2 rings (SSSR count). The molecule has 0 aromatic heterocycles. The number of hydrogen-bond acceptors (Lipinski definition) is 3. The summed E-state index contributed by atoms with van der Waals surface area (Å²) in [6, 6.07) is 5.74. The van der Waals surface area contributed by atoms with Gasteiger partial charge in [-0.3, -0.25) is 0 Å². The second-order valence-electron chi connectivity index (χ2n) is 4.97. The van der Waals surface area contributed by atoms with Gasteiger partial charge in [0.15, 0.2) is 0 Å². The van der Waals surface area contributed by atoms with E-state index in [1.165, 1.54) is 12.1 Å². The number of rotatable bonds is 3. The first-order valence-electron chi connectivity index (χ1n) is 6.71. The van der Waals surface area contributed by atoms with E-state index in [0.717, 1.165) is 0 Å². The van der Waals surface area contributed by atoms with Crippen LogP contribution in [0.2, 0.25) is 0 Å². The van der Waals surface area contributed by atoms with E-state index in [-0.39, 0.29) is 29.7 Å². The fraction of sp³-hybridized carbons (Fsp3) is 0.500. The van der Waals surface area contributed by atoms with Gasteiger partial charge in [-0.1, -0.05) is 12.1 Å². The Morgan fingerprint density at radius 2 is 1.95 bits per heavy atom. The first kappa shape index (κ1) is 15.5. The maximum absolute atomic E-state index is 12.3. The number of amides is 2. The summed E-state index contributed by atoms with van der Waals surface area (Å²) in [5, 5.41) is 2.60. The Bertz CT molecular complexity index is 489. The largest absolute Gasteiger partial charge is 0.433 e. The van der Waals surface area contributed by atoms with Crippen LogP contribution < -0.4 is 10.1 Å². The van der Waals surface area contributed by atoms with Gasteiger partial charge >= 0.3 is 12.6 Å². The van der Waals surface area contributed by atoms with Crippen LogP contribution in [0.5, 0.6) is 5.75 Å². The number of ether oxygens (including phenoxy) is 2. The molecule has 0 spiro atoms. The minimum absolute atomic E-state index is 0.0600. The van der Waals surface area contributed by atoms with Gasteiger partial charge < -0.3 is 19.7 Å². The zero-order valence-corrected chi connectivity index (χ0v) is 11.9. The number of morpholine rings is 1. The third kappa shape index (κ3) is 4.29. The molecule has 21 heavy (non-hydrogen) atoms. The van der Waals surface area contributed by atoms with E-state index in [4.69, 9.17) is 4.74 Å². The van der Waals surface area contributed by atoms with E-state index in [0.29, 0.717) is 13.1 Å². The third-order valence-electron chi connectivity index (χ3n) is 3.05. The average molecular weight is 300 g/mol. The lowest BCUT2D eigenvalue weighted by atomic mass is 10.2. The van der Waals surface area contributed by atoms with E-state index in [1.807, 2.05) is 13.8 Å². The van der Waals surface area contributed by atoms with Crippen LogP contribution in [0.1, 0.15) is 13.8 Å². The number of nitrogens with zero attached hydrogens (tertiary/aromatic N) is 1. The van der Waals surface area contributed by atoms with Gasteiger partial charge in [0.05, 0.1) is 17.9 Å². The lowest BCUT2D eigenvalue weighted by molar-refractivity contribution is -0.0531. The standard InChI is InChI=1S/C14H18F2N2O3/c1-9-7-18(8-10(2)20-9)14(19)17-11-5-3-4-6-12(11)21-13(15)16/h3-6,9-10,13H,7-8H2,1-2H3,(H,17,19). The summed E-state index contributed by atoms with van der Waals surface area (Å²) in [5.74, 6) is -0.0600. The van der Waals surface area contributed by atoms with E-state index in [2.05, 4.69) is 10.1 Å². The molecule has 7 heteroatoms. The van der Waals surface area contributed by atoms with Crippen molar-refractivity contribution in [1.29, 1.82) is 0 Å². The Morgan fingerprint density at radius 1 is 1.33 bits per heavy atom. The Morgan fingerprint density at radius 3 is 2.57 bits per heavy atom. The van der Waals surface area contributed by atoms with Crippen LogP contribution in [0.4, 0.5) is 19.3 Å². The minimum atomic E-state index is -2.94. The molecule has 1 fully saturated rings. The number of hydrogen-bond donors (Lipinski definition) is 1. The molecule has 2 amide bonds. The van der Waals surface area contributed by atoms with Gasteiger partial charge in [0, 0.05) is 13.1 Å². The van der Waals surface area contributed by atoms with Crippen molar-refractivity contribution in [3.05, 3.63) is 24.3 Å². The smallest absolute Gasteiger partial charge is 0.387 e. The van der Waals surface area contributed by atoms with Gasteiger partial charge in [-0.05, 0) is 26.0 Å². The first-order chi connectivity index (χ1) is 9.95. The summed E-state index contributed by atoms with van der Waals surface area (Å²) in [4.78, 5) is 13.8. The van der Waals surface area contributed by atoms with Crippen LogP contribution in [-0.4, -0.2) is 42.8 Å². The highest BCUT2D eigenvalue weighted by molar-refractivity contribution is 5.91. The van der Waals surface area contributed by atoms with Crippen LogP contribution >= 0.6 is 0 Å². The van der Waals surface area contributed by atoms with Crippen molar-refractivity contribution in [2.75, 3.05) is 18.4 Å². The predicted molar refractivity (Wildman–Crippen MR) is 73.7 cm³/mol. The molecule has 2 unspecified atom stereocenters. The highest BCUT2D eigenvalue weighted by atomic mass is 19.3. The fourth-order valence-electron chi connectivity index (χ4n) is 2.31. The van der Waals surface area contributed by atoms with E-state index >= 15 is 0 Å². The number of para-hydroxylation sites is 2. The Hall–Kier alpha value is -1.89. The van der Waals surface area contributed by atoms with Crippen molar-refractivity contribution in [1.82, 2.24) is 4.90 Å². The summed E-state index contributed by atoms with van der Waals surface area (Å²) >= 11 is 0. The molecule has 0 radical (unpaired) electrons. The number of anilines is 1. The molecule has 1 aliphatic rings. The number of urea groups is 1. The van der Waals surface area contributed by atoms with Crippen LogP contribution in [0.15, 0.2) is 24.3 Å². The lowest BCUT2D eigenvalue weighted by Crippen LogP contribution is -2.49. The highest BCUT2D eigenvalue weighted by Gasteiger charge is 2.26. The van der Waals surface area contributed by atoms with E-state index < -0.39 is 6.61 Å². The highest BCUT2D eigenvalue weighted by Crippen LogP contribution is 2.26. The molecular weight excluding hydrogens is 282 g/mol. The number of benzene rings is 1. The zero-order valence-electron chi connectivity index (χ0n) is 11.9. The van der Waals surface area contributed by atoms with Gasteiger partial charge in [0.2, 0.25) is 0 Å². The van der Waals surface area contributed by atoms with Crippen LogP contribution in [0.25, 0.3) is 0 Å². The topological polar surface area (TPSA) is 50.8 Å². The molecule has 1 aromatic carbocycles. The number of carbonyl (C=O) groups excluding carboxylic acids is 1. The molecule has 0 aliphatic carbocycles. The summed E-state index contributed by atoms with van der Waals surface area (Å²) in [5.41, 5.74) is 0.217. The van der Waals surface area contributed by atoms with Gasteiger partial charge in [0.25, 0.3) is 0 Å². The molecule has 1 heterocycles. The molecule has 0 bridgehead atoms. The van der Waals surface area contributed by atoms with Crippen molar-refractivity contribution in [3.63, 3.8) is 0 Å². The predicted octanol–water partition coefficient (Wildman–Crippen LogP) is 2.93. The molecule has 1 saturated heterocycles. The minimum Gasteiger partial charge on any atom is -0.433 e. The summed E-state index contributed by atoms with van der Waals surface area (Å²) in [6.07, 6.45) is -0.126. The van der Waals surface area contributed by atoms with Crippen LogP contribution in [0.3, 0.4) is 0 Å². The van der Waals surface area contributed by atoms with Crippen molar-refractivity contribution < 1.29 is 23.0 Å². The normalized spacial score (nSPS) is 22.2. The number of halogens is 2. The number of nitrogens with one attached hydrogen (secondary N) is 1. The van der Waals surface area contributed by atoms with Crippen LogP contribution in [0, 0.1) is 0 Å². The SMILES string of the molecule is CC1CN(C(=O)Nc2ccccc2OC(F)F)CC(C)O1. The second kappa shape index (κ2) is 6.71. The van der Waals surface area contributed by atoms with Crippen molar-refractivity contribution >= 4 is 11.7 Å². The molecule has 1 aromatic rings. The quantitative estimate of drug-likeness (QED) is 0.933. The third-order valence-corrected chi connectivity index (χ3v) is 3.05. The molecule has 5 nitrogen and oxygen atoms in total. The van der Waals surface area contributed by atoms with Gasteiger partial charge in [0.1, 0.15) is 5.75 Å². The average Bonchev–Trinajstić information content (AvgIpc) is 2.39. The van der Waals surface area contributed by atoms with Crippen molar-refractivity contribution in [2.24, 2.45) is 0 Å². The van der Waals surface area contributed by atoms with E-state index in [1.54, 1.807) is 17.0 Å². The Balaban J connectivity index is 2.05. The maximum atomic E-state index is 12.3. The number of alkyl halides is 2. The monoisotopic (exact) mass is 300 g/mol. The van der Waals surface area contributed by atoms with Gasteiger partial charge in [-0.15, -0.1) is 0 Å². The van der Waals surface area contributed by atoms with E-state index in [9.17, 15) is 13.6 Å². The second-order valence-corrected chi connectivity index (χ2v) is 4.97.